The van der Waals surface area contributed by atoms with E-state index in [0.29, 0.717) is 27.4 Å². The maximum absolute atomic E-state index is 12.7. The molecule has 0 radical (unpaired) electrons. The Morgan fingerprint density at radius 3 is 2.77 bits per heavy atom. The van der Waals surface area contributed by atoms with E-state index in [2.05, 4.69) is 21.2 Å². The first kappa shape index (κ1) is 23.2. The number of carbonyl (C=O) groups excluding carboxylic acids is 3. The van der Waals surface area contributed by atoms with Crippen LogP contribution in [-0.2, 0) is 9.59 Å². The molecule has 2 N–H and O–H groups in total. The van der Waals surface area contributed by atoms with E-state index in [1.165, 1.54) is 6.08 Å². The number of nitrogens with one attached hydrogen (secondary N) is 1. The smallest absolute Gasteiger partial charge is 0.294 e. The van der Waals surface area contributed by atoms with Crippen LogP contribution in [0.1, 0.15) is 18.1 Å². The largest absolute Gasteiger partial charge is 0.503 e. The van der Waals surface area contributed by atoms with Crippen molar-refractivity contribution < 1.29 is 24.2 Å². The lowest BCUT2D eigenvalue weighted by Crippen LogP contribution is -2.36. The number of nitrogens with zero attached hydrogens (tertiary/aromatic N) is 1. The third-order valence-electron chi connectivity index (χ3n) is 4.30. The number of aryl methyl sites for hydroxylation is 1. The number of halogens is 2. The normalized spacial score (nSPS) is 15.0. The number of thioether (sulfide) groups is 1. The molecule has 1 aliphatic rings. The molecule has 1 heterocycles. The summed E-state index contributed by atoms with van der Waals surface area (Å²) in [7, 11) is 0. The van der Waals surface area contributed by atoms with Crippen LogP contribution in [0.2, 0.25) is 5.02 Å². The minimum atomic E-state index is -0.574. The van der Waals surface area contributed by atoms with Crippen LogP contribution >= 0.6 is 39.3 Å². The van der Waals surface area contributed by atoms with Crippen LogP contribution in [0.5, 0.6) is 11.5 Å². The number of benzene rings is 2. The van der Waals surface area contributed by atoms with Gasteiger partial charge in [0.05, 0.1) is 16.0 Å². The SMILES string of the molecule is CCOc1cc(/C=C2/SC(=O)N(CC(=O)Nc3cc(Cl)ccc3C)C2=O)cc(Br)c1O. The van der Waals surface area contributed by atoms with Gasteiger partial charge in [0.2, 0.25) is 5.91 Å². The maximum atomic E-state index is 12.7. The number of hydrogen-bond acceptors (Lipinski definition) is 6. The highest BCUT2D eigenvalue weighted by Gasteiger charge is 2.36. The Kier molecular flexibility index (Phi) is 7.30. The summed E-state index contributed by atoms with van der Waals surface area (Å²) < 4.78 is 5.77. The van der Waals surface area contributed by atoms with Crippen LogP contribution < -0.4 is 10.1 Å². The van der Waals surface area contributed by atoms with Gasteiger partial charge in [0.25, 0.3) is 11.1 Å². The van der Waals surface area contributed by atoms with Crippen LogP contribution in [0.3, 0.4) is 0 Å². The van der Waals surface area contributed by atoms with Crippen LogP contribution in [0, 0.1) is 6.92 Å². The van der Waals surface area contributed by atoms with Crippen LogP contribution in [0.25, 0.3) is 6.08 Å². The van der Waals surface area contributed by atoms with Crippen LogP contribution in [0.4, 0.5) is 10.5 Å². The lowest BCUT2D eigenvalue weighted by atomic mass is 10.2. The number of amides is 3. The summed E-state index contributed by atoms with van der Waals surface area (Å²) in [5.41, 5.74) is 1.87. The zero-order valence-electron chi connectivity index (χ0n) is 16.6. The molecular weight excluding hydrogens is 508 g/mol. The van der Waals surface area contributed by atoms with Crippen molar-refractivity contribution in [1.82, 2.24) is 4.90 Å². The number of hydrogen-bond donors (Lipinski definition) is 2. The van der Waals surface area contributed by atoms with Gasteiger partial charge in [-0.15, -0.1) is 0 Å². The zero-order valence-corrected chi connectivity index (χ0v) is 19.7. The Balaban J connectivity index is 1.76. The second kappa shape index (κ2) is 9.76. The second-order valence-electron chi connectivity index (χ2n) is 6.56. The van der Waals surface area contributed by atoms with Crippen molar-refractivity contribution in [2.75, 3.05) is 18.5 Å². The topological polar surface area (TPSA) is 95.9 Å². The molecule has 0 bridgehead atoms. The van der Waals surface area contributed by atoms with Gasteiger partial charge in [-0.3, -0.25) is 19.3 Å². The molecule has 10 heteroatoms. The first-order chi connectivity index (χ1) is 14.7. The van der Waals surface area contributed by atoms with Crippen molar-refractivity contribution in [3.05, 3.63) is 55.9 Å². The number of imide groups is 1. The summed E-state index contributed by atoms with van der Waals surface area (Å²) >= 11 is 9.93. The fraction of sp³-hybridized carbons (Fsp3) is 0.190. The summed E-state index contributed by atoms with van der Waals surface area (Å²) in [5.74, 6) is -0.895. The molecule has 7 nitrogen and oxygen atoms in total. The van der Waals surface area contributed by atoms with E-state index < -0.39 is 23.6 Å². The van der Waals surface area contributed by atoms with Crippen molar-refractivity contribution in [2.24, 2.45) is 0 Å². The number of aromatic hydroxyl groups is 1. The van der Waals surface area contributed by atoms with E-state index in [9.17, 15) is 19.5 Å². The van der Waals surface area contributed by atoms with E-state index in [0.717, 1.165) is 22.2 Å². The number of phenolic OH excluding ortho intramolecular Hbond substituents is 1. The highest BCUT2D eigenvalue weighted by molar-refractivity contribution is 9.10. The Morgan fingerprint density at radius 1 is 1.32 bits per heavy atom. The van der Waals surface area contributed by atoms with Crippen molar-refractivity contribution in [3.63, 3.8) is 0 Å². The summed E-state index contributed by atoms with van der Waals surface area (Å²) in [6, 6.07) is 8.22. The molecule has 0 saturated carbocycles. The average Bonchev–Trinajstić information content (AvgIpc) is 2.96. The van der Waals surface area contributed by atoms with E-state index in [1.807, 2.05) is 0 Å². The van der Waals surface area contributed by atoms with Gasteiger partial charge in [-0.05, 0) is 83.0 Å². The lowest BCUT2D eigenvalue weighted by Gasteiger charge is -2.14. The highest BCUT2D eigenvalue weighted by atomic mass is 79.9. The number of anilines is 1. The monoisotopic (exact) mass is 524 g/mol. The third kappa shape index (κ3) is 5.41. The first-order valence-corrected chi connectivity index (χ1v) is 11.1. The van der Waals surface area contributed by atoms with Gasteiger partial charge in [0, 0.05) is 10.7 Å². The Morgan fingerprint density at radius 2 is 2.06 bits per heavy atom. The van der Waals surface area contributed by atoms with Crippen molar-refractivity contribution in [3.8, 4) is 11.5 Å². The van der Waals surface area contributed by atoms with E-state index in [-0.39, 0.29) is 16.4 Å². The predicted molar refractivity (Wildman–Crippen MR) is 124 cm³/mol. The molecule has 0 aliphatic carbocycles. The van der Waals surface area contributed by atoms with E-state index >= 15 is 0 Å². The lowest BCUT2D eigenvalue weighted by molar-refractivity contribution is -0.127. The Labute approximate surface area is 196 Å². The summed E-state index contributed by atoms with van der Waals surface area (Å²) in [4.78, 5) is 38.5. The fourth-order valence-electron chi connectivity index (χ4n) is 2.79. The summed E-state index contributed by atoms with van der Waals surface area (Å²) in [6.45, 7) is 3.51. The van der Waals surface area contributed by atoms with Crippen molar-refractivity contribution in [2.45, 2.75) is 13.8 Å². The average molecular weight is 526 g/mol. The van der Waals surface area contributed by atoms with E-state index in [1.54, 1.807) is 44.2 Å². The highest BCUT2D eigenvalue weighted by Crippen LogP contribution is 2.38. The quantitative estimate of drug-likeness (QED) is 0.504. The molecule has 2 aromatic carbocycles. The third-order valence-corrected chi connectivity index (χ3v) is 6.04. The maximum Gasteiger partial charge on any atom is 0.294 e. The van der Waals surface area contributed by atoms with Crippen molar-refractivity contribution in [1.29, 1.82) is 0 Å². The molecular formula is C21H18BrClN2O5S. The first-order valence-electron chi connectivity index (χ1n) is 9.16. The van der Waals surface area contributed by atoms with Gasteiger partial charge in [0.15, 0.2) is 11.5 Å². The van der Waals surface area contributed by atoms with Gasteiger partial charge < -0.3 is 15.2 Å². The Bertz CT molecular complexity index is 1110. The molecule has 3 amide bonds. The predicted octanol–water partition coefficient (Wildman–Crippen LogP) is 5.19. The molecule has 0 aromatic heterocycles. The second-order valence-corrected chi connectivity index (χ2v) is 8.84. The molecule has 3 rings (SSSR count). The standard InChI is InChI=1S/C21H18BrClN2O5S/c1-3-30-16-7-12(6-14(22)19(16)27)8-17-20(28)25(21(29)31-17)10-18(26)24-15-9-13(23)5-4-11(15)2/h4-9,27H,3,10H2,1-2H3,(H,24,26)/b17-8+. The van der Waals surface area contributed by atoms with Gasteiger partial charge in [-0.25, -0.2) is 0 Å². The van der Waals surface area contributed by atoms with E-state index in [4.69, 9.17) is 16.3 Å². The molecule has 162 valence electrons. The summed E-state index contributed by atoms with van der Waals surface area (Å²) in [6.07, 6.45) is 1.51. The van der Waals surface area contributed by atoms with Gasteiger partial charge >= 0.3 is 0 Å². The molecule has 2 aromatic rings. The van der Waals surface area contributed by atoms with Gasteiger partial charge in [-0.2, -0.15) is 0 Å². The van der Waals surface area contributed by atoms with Crippen molar-refractivity contribution >= 4 is 68.1 Å². The molecule has 0 atom stereocenters. The molecule has 1 saturated heterocycles. The minimum absolute atomic E-state index is 0.0555. The summed E-state index contributed by atoms with van der Waals surface area (Å²) in [5, 5.41) is 12.6. The molecule has 1 fully saturated rings. The fourth-order valence-corrected chi connectivity index (χ4v) is 4.26. The molecule has 0 spiro atoms. The Hall–Kier alpha value is -2.49. The number of phenols is 1. The van der Waals surface area contributed by atoms with Crippen LogP contribution in [0.15, 0.2) is 39.7 Å². The van der Waals surface area contributed by atoms with Crippen LogP contribution in [-0.4, -0.2) is 40.2 Å². The van der Waals surface area contributed by atoms with Gasteiger partial charge in [-0.1, -0.05) is 17.7 Å². The molecule has 31 heavy (non-hydrogen) atoms. The number of carbonyl (C=O) groups is 3. The number of rotatable bonds is 6. The molecule has 0 unspecified atom stereocenters. The number of ether oxygens (including phenoxy) is 1. The zero-order chi connectivity index (χ0) is 22.7. The van der Waals surface area contributed by atoms with Gasteiger partial charge in [0.1, 0.15) is 6.54 Å². The minimum Gasteiger partial charge on any atom is -0.503 e. The molecule has 1 aliphatic heterocycles.